The van der Waals surface area contributed by atoms with Crippen molar-refractivity contribution in [3.8, 4) is 17.2 Å². The fourth-order valence-corrected chi connectivity index (χ4v) is 7.48. The second kappa shape index (κ2) is 15.6. The molecule has 4 aliphatic rings. The Morgan fingerprint density at radius 1 is 1.00 bits per heavy atom. The summed E-state index contributed by atoms with van der Waals surface area (Å²) in [7, 11) is 1.32. The Morgan fingerprint density at radius 3 is 2.30 bits per heavy atom. The van der Waals surface area contributed by atoms with Crippen molar-refractivity contribution in [2.75, 3.05) is 26.1 Å². The topological polar surface area (TPSA) is 337 Å². The van der Waals surface area contributed by atoms with Gasteiger partial charge in [-0.3, -0.25) is 19.0 Å². The first-order valence-electron chi connectivity index (χ1n) is 17.4. The minimum absolute atomic E-state index is 0.0173. The van der Waals surface area contributed by atoms with Crippen molar-refractivity contribution < 1.29 is 74.2 Å². The maximum absolute atomic E-state index is 13.6. The molecule has 0 saturated carbocycles. The van der Waals surface area contributed by atoms with E-state index in [1.807, 2.05) is 0 Å². The molecule has 0 radical (unpaired) electrons. The number of ether oxygens (including phenoxy) is 4. The highest BCUT2D eigenvalue weighted by Gasteiger charge is 2.50. The number of Topliss-reactive ketones (excluding diaryl/α,β-unsaturated/α-hetero) is 1. The molecule has 20 nitrogen and oxygen atoms in total. The van der Waals surface area contributed by atoms with E-state index in [0.29, 0.717) is 0 Å². The number of aromatic hydroxyl groups is 2. The molecule has 3 aromatic rings. The van der Waals surface area contributed by atoms with Crippen molar-refractivity contribution in [1.82, 2.24) is 9.55 Å². The number of carbonyl (C=O) groups is 3. The summed E-state index contributed by atoms with van der Waals surface area (Å²) in [5.74, 6) is -3.72. The largest absolute Gasteiger partial charge is 0.507 e. The number of nitrogens with two attached hydrogens (primary N) is 2. The van der Waals surface area contributed by atoms with Crippen molar-refractivity contribution >= 4 is 23.2 Å². The molecule has 2 aromatic carbocycles. The van der Waals surface area contributed by atoms with Crippen LogP contribution < -0.4 is 21.9 Å². The molecule has 1 aromatic heterocycles. The van der Waals surface area contributed by atoms with Crippen LogP contribution in [0.2, 0.25) is 0 Å². The van der Waals surface area contributed by atoms with E-state index in [1.165, 1.54) is 37.6 Å². The number of phenolic OH excluding ortho intramolecular Hbond substituents is 2. The van der Waals surface area contributed by atoms with E-state index in [0.717, 1.165) is 4.57 Å². The van der Waals surface area contributed by atoms with Gasteiger partial charge >= 0.3 is 5.69 Å². The molecule has 0 bridgehead atoms. The van der Waals surface area contributed by atoms with Crippen molar-refractivity contribution in [2.24, 2.45) is 5.73 Å². The van der Waals surface area contributed by atoms with Gasteiger partial charge in [-0.05, 0) is 19.1 Å². The highest BCUT2D eigenvalue weighted by Crippen LogP contribution is 2.52. The molecular weight excluding hydrogens is 744 g/mol. The van der Waals surface area contributed by atoms with E-state index >= 15 is 0 Å². The van der Waals surface area contributed by atoms with E-state index < -0.39 is 133 Å². The second-order valence-corrected chi connectivity index (χ2v) is 13.9. The molecular formula is C36H42N4O16. The zero-order chi connectivity index (χ0) is 41.0. The van der Waals surface area contributed by atoms with Crippen LogP contribution in [0, 0.1) is 0 Å². The van der Waals surface area contributed by atoms with Gasteiger partial charge in [0.25, 0.3) is 0 Å². The van der Waals surface area contributed by atoms with Crippen LogP contribution in [0.3, 0.4) is 0 Å². The van der Waals surface area contributed by atoms with E-state index in [4.69, 9.17) is 35.5 Å². The molecule has 2 saturated heterocycles. The van der Waals surface area contributed by atoms with Gasteiger partial charge in [0, 0.05) is 48.2 Å². The lowest BCUT2D eigenvalue weighted by Crippen LogP contribution is -2.53. The Morgan fingerprint density at radius 2 is 1.70 bits per heavy atom. The number of aliphatic hydroxyl groups is 6. The number of ketones is 3. The number of nitrogen functional groups attached to an aromatic ring is 1. The third kappa shape index (κ3) is 6.93. The van der Waals surface area contributed by atoms with Gasteiger partial charge < -0.3 is 71.3 Å². The van der Waals surface area contributed by atoms with Crippen molar-refractivity contribution in [3.63, 3.8) is 0 Å². The molecule has 302 valence electrons. The van der Waals surface area contributed by atoms with Gasteiger partial charge in [-0.15, -0.1) is 0 Å². The summed E-state index contributed by atoms with van der Waals surface area (Å²) in [6.07, 6.45) is -8.39. The summed E-state index contributed by atoms with van der Waals surface area (Å²) < 4.78 is 23.2. The monoisotopic (exact) mass is 786 g/mol. The molecule has 12 N–H and O–H groups in total. The van der Waals surface area contributed by atoms with Crippen LogP contribution >= 0.6 is 0 Å². The van der Waals surface area contributed by atoms with E-state index in [2.05, 4.69) is 4.98 Å². The highest BCUT2D eigenvalue weighted by atomic mass is 16.7. The molecule has 2 aliphatic carbocycles. The van der Waals surface area contributed by atoms with E-state index in [-0.39, 0.29) is 40.2 Å². The van der Waals surface area contributed by atoms with E-state index in [9.17, 15) is 54.9 Å². The quantitative estimate of drug-likeness (QED) is 0.0861. The first-order chi connectivity index (χ1) is 26.5. The van der Waals surface area contributed by atoms with Gasteiger partial charge in [0.15, 0.2) is 24.1 Å². The molecule has 56 heavy (non-hydrogen) atoms. The number of phenols is 2. The number of aliphatic hydroxyl groups excluding tert-OH is 5. The zero-order valence-electron chi connectivity index (χ0n) is 30.0. The van der Waals surface area contributed by atoms with Crippen LogP contribution in [0.25, 0.3) is 0 Å². The van der Waals surface area contributed by atoms with Gasteiger partial charge in [-0.1, -0.05) is 12.1 Å². The third-order valence-corrected chi connectivity index (χ3v) is 10.4. The first kappa shape index (κ1) is 40.8. The summed E-state index contributed by atoms with van der Waals surface area (Å²) in [5, 5.41) is 81.8. The SMILES string of the molecule is COc1cccc2c1C(=O)c1c(O)c3c(c(O)c1C2=O)C[C@@](O)(C(=O)CO)C[C@@H]3O[C@H]1C[C@H](N)[C@H](O)[C@H](C)O1.Nc1ccn([C@@H]2O[C@H](CO)[C@@H](O)[C@@H]2O)c(=O)n1. The summed E-state index contributed by atoms with van der Waals surface area (Å²) >= 11 is 0. The molecule has 0 unspecified atom stereocenters. The van der Waals surface area contributed by atoms with Crippen LogP contribution in [-0.2, 0) is 25.4 Å². The molecule has 0 spiro atoms. The summed E-state index contributed by atoms with van der Waals surface area (Å²) in [6, 6.07) is 5.01. The number of aromatic nitrogens is 2. The van der Waals surface area contributed by atoms with Crippen molar-refractivity contribution in [2.45, 2.75) is 87.0 Å². The molecule has 20 heteroatoms. The second-order valence-electron chi connectivity index (χ2n) is 13.9. The summed E-state index contributed by atoms with van der Waals surface area (Å²) in [4.78, 5) is 54.7. The Labute approximate surface area is 317 Å². The van der Waals surface area contributed by atoms with Crippen LogP contribution in [0.15, 0.2) is 35.3 Å². The Kier molecular flexibility index (Phi) is 11.3. The van der Waals surface area contributed by atoms with Gasteiger partial charge in [0.1, 0.15) is 53.6 Å². The highest BCUT2D eigenvalue weighted by molar-refractivity contribution is 6.31. The number of methoxy groups -OCH3 is 1. The fraction of sp³-hybridized carbons (Fsp3) is 0.472. The number of rotatable bonds is 7. The molecule has 0 amide bonds. The van der Waals surface area contributed by atoms with Gasteiger partial charge in [-0.25, -0.2) is 4.79 Å². The Balaban J connectivity index is 0.000000261. The van der Waals surface area contributed by atoms with Crippen LogP contribution in [-0.4, -0.2) is 137 Å². The lowest BCUT2D eigenvalue weighted by molar-refractivity contribution is -0.247. The average molecular weight is 787 g/mol. The van der Waals surface area contributed by atoms with E-state index in [1.54, 1.807) is 6.92 Å². The maximum atomic E-state index is 13.6. The minimum Gasteiger partial charge on any atom is -0.507 e. The minimum atomic E-state index is -2.24. The zero-order valence-corrected chi connectivity index (χ0v) is 30.0. The van der Waals surface area contributed by atoms with Crippen molar-refractivity contribution in [3.05, 3.63) is 74.3 Å². The van der Waals surface area contributed by atoms with Gasteiger partial charge in [-0.2, -0.15) is 4.98 Å². The fourth-order valence-electron chi connectivity index (χ4n) is 7.48. The molecule has 3 heterocycles. The number of anilines is 1. The van der Waals surface area contributed by atoms with Gasteiger partial charge in [0.05, 0.1) is 48.7 Å². The molecule has 2 aliphatic heterocycles. The standard InChI is InChI=1S/C27H29NO11.C9H13N3O5/c1-10-22(31)13(28)6-17(38-10)39-15-8-27(36,16(30)9-29)7-12-19(15)26(35)21-20(24(12)33)23(32)11-4-3-5-14(37-2)18(11)25(21)34;10-5-1-2-12(9(16)11-5)8-7(15)6(14)4(3-13)17-8/h3-5,10,13,15,17,22,29,31,33,35-36H,6-9,28H2,1-2H3;1-2,4,6-8,13-15H,3H2,(H2,10,11,16)/t10-,13-,15-,17-,22+,27-;4-,6-,7+,8-/m01/s1. The molecule has 2 fully saturated rings. The lowest BCUT2D eigenvalue weighted by atomic mass is 9.72. The first-order valence-corrected chi connectivity index (χ1v) is 17.4. The number of benzene rings is 2. The van der Waals surface area contributed by atoms with Crippen LogP contribution in [0.4, 0.5) is 5.82 Å². The third-order valence-electron chi connectivity index (χ3n) is 10.4. The van der Waals surface area contributed by atoms with Crippen molar-refractivity contribution in [1.29, 1.82) is 0 Å². The smallest absolute Gasteiger partial charge is 0.351 e. The van der Waals surface area contributed by atoms with Crippen LogP contribution in [0.1, 0.15) is 75.1 Å². The Hall–Kier alpha value is -4.87. The predicted octanol–water partition coefficient (Wildman–Crippen LogP) is -2.56. The number of hydrogen-bond donors (Lipinski definition) is 10. The van der Waals surface area contributed by atoms with Gasteiger partial charge in [0.2, 0.25) is 5.78 Å². The molecule has 7 rings (SSSR count). The average Bonchev–Trinajstić information content (AvgIpc) is 3.45. The number of hydrogen-bond acceptors (Lipinski definition) is 19. The summed E-state index contributed by atoms with van der Waals surface area (Å²) in [6.45, 7) is 0.107. The lowest BCUT2D eigenvalue weighted by Gasteiger charge is -2.42. The van der Waals surface area contributed by atoms with Crippen LogP contribution in [0.5, 0.6) is 17.2 Å². The summed E-state index contributed by atoms with van der Waals surface area (Å²) in [5.41, 5.74) is 7.00. The maximum Gasteiger partial charge on any atom is 0.351 e. The predicted molar refractivity (Wildman–Crippen MR) is 188 cm³/mol. The Bertz CT molecular complexity index is 2100. The number of fused-ring (bicyclic) bond motifs is 3. The number of carbonyl (C=O) groups excluding carboxylic acids is 3. The number of nitrogens with zero attached hydrogens (tertiary/aromatic N) is 2. The normalized spacial score (nSPS) is 30.8. The molecule has 10 atom stereocenters.